The van der Waals surface area contributed by atoms with E-state index in [0.29, 0.717) is 22.2 Å². The topological polar surface area (TPSA) is 55.6 Å². The molecule has 0 amide bonds. The van der Waals surface area contributed by atoms with Gasteiger partial charge in [-0.25, -0.2) is 4.79 Å². The summed E-state index contributed by atoms with van der Waals surface area (Å²) in [4.78, 5) is 12.1. The SMILES string of the molecule is Cc1cc(/C=N\NCc2c(Cl)cccc2Cl)c(C)n1-c1ccc(C(=O)OC(C)C)cc1. The molecule has 0 saturated carbocycles. The second-order valence-electron chi connectivity index (χ2n) is 7.46. The molecule has 0 spiro atoms. The third-order valence-corrected chi connectivity index (χ3v) is 5.49. The Kier molecular flexibility index (Phi) is 7.42. The second kappa shape index (κ2) is 10.0. The molecule has 0 aliphatic rings. The lowest BCUT2D eigenvalue weighted by atomic mass is 10.2. The molecule has 1 heterocycles. The van der Waals surface area contributed by atoms with Crippen molar-refractivity contribution in [2.24, 2.45) is 5.10 Å². The largest absolute Gasteiger partial charge is 0.459 e. The Morgan fingerprint density at radius 3 is 2.39 bits per heavy atom. The summed E-state index contributed by atoms with van der Waals surface area (Å²) >= 11 is 12.4. The number of hydrazone groups is 1. The molecule has 0 aliphatic heterocycles. The molecule has 31 heavy (non-hydrogen) atoms. The summed E-state index contributed by atoms with van der Waals surface area (Å²) in [6.07, 6.45) is 1.63. The molecule has 0 saturated heterocycles. The molecule has 0 radical (unpaired) electrons. The predicted octanol–water partition coefficient (Wildman–Crippen LogP) is 6.09. The molecule has 1 N–H and O–H groups in total. The number of carbonyl (C=O) groups is 1. The minimum absolute atomic E-state index is 0.148. The van der Waals surface area contributed by atoms with Crippen LogP contribution in [0.1, 0.15) is 46.7 Å². The lowest BCUT2D eigenvalue weighted by Gasteiger charge is -2.11. The normalized spacial score (nSPS) is 11.3. The summed E-state index contributed by atoms with van der Waals surface area (Å²) in [5.74, 6) is -0.319. The Morgan fingerprint density at radius 2 is 1.77 bits per heavy atom. The molecule has 7 heteroatoms. The van der Waals surface area contributed by atoms with E-state index in [1.165, 1.54) is 0 Å². The van der Waals surface area contributed by atoms with Crippen LogP contribution in [0.25, 0.3) is 5.69 Å². The van der Waals surface area contributed by atoms with Crippen molar-refractivity contribution in [2.75, 3.05) is 0 Å². The van der Waals surface area contributed by atoms with Gasteiger partial charge >= 0.3 is 5.97 Å². The minimum atomic E-state index is -0.319. The van der Waals surface area contributed by atoms with Crippen molar-refractivity contribution in [1.29, 1.82) is 0 Å². The van der Waals surface area contributed by atoms with Gasteiger partial charge in [-0.15, -0.1) is 0 Å². The van der Waals surface area contributed by atoms with E-state index in [1.54, 1.807) is 30.5 Å². The van der Waals surface area contributed by atoms with Crippen LogP contribution in [-0.4, -0.2) is 22.9 Å². The highest BCUT2D eigenvalue weighted by molar-refractivity contribution is 6.35. The molecule has 2 aromatic carbocycles. The molecular formula is C24H25Cl2N3O2. The van der Waals surface area contributed by atoms with Crippen LogP contribution in [0.15, 0.2) is 53.6 Å². The molecule has 0 atom stereocenters. The first-order valence-electron chi connectivity index (χ1n) is 9.97. The molecular weight excluding hydrogens is 433 g/mol. The summed E-state index contributed by atoms with van der Waals surface area (Å²) in [7, 11) is 0. The van der Waals surface area contributed by atoms with Crippen LogP contribution in [0, 0.1) is 13.8 Å². The number of benzene rings is 2. The summed E-state index contributed by atoms with van der Waals surface area (Å²) in [5.41, 5.74) is 8.39. The van der Waals surface area contributed by atoms with E-state index in [9.17, 15) is 4.79 Å². The fourth-order valence-corrected chi connectivity index (χ4v) is 3.82. The Balaban J connectivity index is 1.73. The van der Waals surface area contributed by atoms with Crippen LogP contribution < -0.4 is 5.43 Å². The average molecular weight is 458 g/mol. The molecule has 3 aromatic rings. The number of ether oxygens (including phenoxy) is 1. The van der Waals surface area contributed by atoms with Gasteiger partial charge in [-0.05, 0) is 70.2 Å². The lowest BCUT2D eigenvalue weighted by molar-refractivity contribution is 0.0378. The maximum atomic E-state index is 12.1. The summed E-state index contributed by atoms with van der Waals surface area (Å²) in [6, 6.07) is 14.9. The Hall–Kier alpha value is -2.76. The monoisotopic (exact) mass is 457 g/mol. The van der Waals surface area contributed by atoms with Gasteiger partial charge in [0.2, 0.25) is 0 Å². The average Bonchev–Trinajstić information content (AvgIpc) is 3.00. The number of esters is 1. The van der Waals surface area contributed by atoms with Crippen molar-refractivity contribution in [3.05, 3.63) is 86.7 Å². The first-order valence-corrected chi connectivity index (χ1v) is 10.7. The highest BCUT2D eigenvalue weighted by atomic mass is 35.5. The van der Waals surface area contributed by atoms with Crippen molar-refractivity contribution in [3.63, 3.8) is 0 Å². The molecule has 5 nitrogen and oxygen atoms in total. The van der Waals surface area contributed by atoms with E-state index in [1.807, 2.05) is 45.9 Å². The standard InChI is InChI=1S/C24H25Cl2N3O2/c1-15(2)31-24(30)18-8-10-20(11-9-18)29-16(3)12-19(17(29)4)13-27-28-14-21-22(25)6-5-7-23(21)26/h5-13,15,28H,14H2,1-4H3/b27-13-. The van der Waals surface area contributed by atoms with Gasteiger partial charge < -0.3 is 14.7 Å². The number of hydrogen-bond acceptors (Lipinski definition) is 4. The summed E-state index contributed by atoms with van der Waals surface area (Å²) in [5, 5.41) is 5.54. The number of nitrogens with one attached hydrogen (secondary N) is 1. The number of hydrogen-bond donors (Lipinski definition) is 1. The Morgan fingerprint density at radius 1 is 1.13 bits per heavy atom. The first-order chi connectivity index (χ1) is 14.8. The highest BCUT2D eigenvalue weighted by Crippen LogP contribution is 2.24. The maximum Gasteiger partial charge on any atom is 0.338 e. The van der Waals surface area contributed by atoms with Crippen LogP contribution in [0.3, 0.4) is 0 Å². The summed E-state index contributed by atoms with van der Waals surface area (Å²) in [6.45, 7) is 8.16. The van der Waals surface area contributed by atoms with Crippen molar-refractivity contribution >= 4 is 35.4 Å². The van der Waals surface area contributed by atoms with Crippen molar-refractivity contribution in [3.8, 4) is 5.69 Å². The van der Waals surface area contributed by atoms with E-state index in [0.717, 1.165) is 28.2 Å². The van der Waals surface area contributed by atoms with Crippen LogP contribution in [0.2, 0.25) is 10.0 Å². The van der Waals surface area contributed by atoms with E-state index in [4.69, 9.17) is 27.9 Å². The Bertz CT molecular complexity index is 1080. The van der Waals surface area contributed by atoms with Gasteiger partial charge in [0.1, 0.15) is 0 Å². The zero-order valence-electron chi connectivity index (χ0n) is 17.9. The molecule has 162 valence electrons. The third kappa shape index (κ3) is 5.49. The first kappa shape index (κ1) is 22.9. The van der Waals surface area contributed by atoms with E-state index >= 15 is 0 Å². The Labute approximate surface area is 192 Å². The number of rotatable bonds is 7. The van der Waals surface area contributed by atoms with Crippen LogP contribution >= 0.6 is 23.2 Å². The zero-order valence-corrected chi connectivity index (χ0v) is 19.5. The van der Waals surface area contributed by atoms with Gasteiger partial charge in [0.15, 0.2) is 0 Å². The van der Waals surface area contributed by atoms with Crippen LogP contribution in [0.5, 0.6) is 0 Å². The zero-order chi connectivity index (χ0) is 22.5. The number of aryl methyl sites for hydroxylation is 1. The number of halogens is 2. The van der Waals surface area contributed by atoms with Gasteiger partial charge in [0.05, 0.1) is 24.4 Å². The number of nitrogens with zero attached hydrogens (tertiary/aromatic N) is 2. The molecule has 0 unspecified atom stereocenters. The smallest absolute Gasteiger partial charge is 0.338 e. The van der Waals surface area contributed by atoms with E-state index in [2.05, 4.69) is 21.2 Å². The number of aromatic nitrogens is 1. The highest BCUT2D eigenvalue weighted by Gasteiger charge is 2.12. The molecule has 0 fully saturated rings. The second-order valence-corrected chi connectivity index (χ2v) is 8.27. The van der Waals surface area contributed by atoms with Gasteiger partial charge in [-0.3, -0.25) is 0 Å². The molecule has 0 bridgehead atoms. The third-order valence-electron chi connectivity index (χ3n) is 4.79. The van der Waals surface area contributed by atoms with E-state index in [-0.39, 0.29) is 12.1 Å². The number of carbonyl (C=O) groups excluding carboxylic acids is 1. The predicted molar refractivity (Wildman–Crippen MR) is 127 cm³/mol. The van der Waals surface area contributed by atoms with Crippen molar-refractivity contribution in [2.45, 2.75) is 40.3 Å². The van der Waals surface area contributed by atoms with E-state index < -0.39 is 0 Å². The summed E-state index contributed by atoms with van der Waals surface area (Å²) < 4.78 is 7.36. The van der Waals surface area contributed by atoms with Gasteiger partial charge in [-0.1, -0.05) is 29.3 Å². The van der Waals surface area contributed by atoms with Gasteiger partial charge in [0, 0.05) is 38.2 Å². The fraction of sp³-hybridized carbons (Fsp3) is 0.250. The van der Waals surface area contributed by atoms with Gasteiger partial charge in [0.25, 0.3) is 0 Å². The van der Waals surface area contributed by atoms with Crippen LogP contribution in [-0.2, 0) is 11.3 Å². The maximum absolute atomic E-state index is 12.1. The van der Waals surface area contributed by atoms with Crippen molar-refractivity contribution in [1.82, 2.24) is 9.99 Å². The van der Waals surface area contributed by atoms with Gasteiger partial charge in [-0.2, -0.15) is 5.10 Å². The molecule has 0 aliphatic carbocycles. The van der Waals surface area contributed by atoms with Crippen LogP contribution in [0.4, 0.5) is 0 Å². The van der Waals surface area contributed by atoms with Crippen molar-refractivity contribution < 1.29 is 9.53 Å². The fourth-order valence-electron chi connectivity index (χ4n) is 3.29. The minimum Gasteiger partial charge on any atom is -0.459 e. The molecule has 1 aromatic heterocycles. The molecule has 3 rings (SSSR count). The lowest BCUT2D eigenvalue weighted by Crippen LogP contribution is -2.11. The quantitative estimate of drug-likeness (QED) is 0.265.